The minimum absolute atomic E-state index is 0.174. The van der Waals surface area contributed by atoms with E-state index in [1.165, 1.54) is 30.5 Å². The van der Waals surface area contributed by atoms with Gasteiger partial charge in [-0.3, -0.25) is 4.99 Å². The maximum absolute atomic E-state index is 5.34. The highest BCUT2D eigenvalue weighted by atomic mass is 15.1. The summed E-state index contributed by atoms with van der Waals surface area (Å²) in [6.07, 6.45) is 3.67. The Labute approximate surface area is 102 Å². The molecule has 0 atom stereocenters. The first-order valence-corrected chi connectivity index (χ1v) is 6.15. The summed E-state index contributed by atoms with van der Waals surface area (Å²) >= 11 is 0. The van der Waals surface area contributed by atoms with Gasteiger partial charge in [0.05, 0.1) is 6.54 Å². The van der Waals surface area contributed by atoms with Crippen molar-refractivity contribution < 1.29 is 0 Å². The molecule has 4 heteroatoms. The lowest BCUT2D eigenvalue weighted by Gasteiger charge is -2.24. The molecule has 0 bridgehead atoms. The summed E-state index contributed by atoms with van der Waals surface area (Å²) in [5.74, 6) is 0.174. The van der Waals surface area contributed by atoms with Gasteiger partial charge in [0, 0.05) is 18.8 Å². The van der Waals surface area contributed by atoms with Gasteiger partial charge in [-0.15, -0.1) is 0 Å². The van der Waals surface area contributed by atoms with Crippen LogP contribution in [0.5, 0.6) is 0 Å². The third-order valence-electron chi connectivity index (χ3n) is 3.12. The lowest BCUT2D eigenvalue weighted by atomic mass is 10.1. The molecular formula is C13H20N4. The Morgan fingerprint density at radius 3 is 2.88 bits per heavy atom. The Bertz CT molecular complexity index is 396. The summed E-state index contributed by atoms with van der Waals surface area (Å²) in [5, 5.41) is 0. The standard InChI is InChI=1S/C13H20N4/c14-13(15)16-8-10-17-9-4-3-6-11-5-1-2-7-12(11)17/h1-2,5,7H,3-4,6,8-10H2,(H4,14,15,16). The maximum Gasteiger partial charge on any atom is 0.185 e. The number of aliphatic imine (C=N–C) groups is 1. The van der Waals surface area contributed by atoms with Crippen LogP contribution in [-0.2, 0) is 6.42 Å². The number of hydrogen-bond donors (Lipinski definition) is 2. The predicted molar refractivity (Wildman–Crippen MR) is 72.3 cm³/mol. The number of guanidine groups is 1. The second kappa shape index (κ2) is 5.57. The Hall–Kier alpha value is -1.71. The van der Waals surface area contributed by atoms with E-state index < -0.39 is 0 Å². The molecular weight excluding hydrogens is 212 g/mol. The van der Waals surface area contributed by atoms with Crippen LogP contribution < -0.4 is 16.4 Å². The molecule has 0 saturated heterocycles. The van der Waals surface area contributed by atoms with Crippen molar-refractivity contribution in [2.24, 2.45) is 16.5 Å². The van der Waals surface area contributed by atoms with Gasteiger partial charge in [-0.25, -0.2) is 0 Å². The molecule has 17 heavy (non-hydrogen) atoms. The van der Waals surface area contributed by atoms with Gasteiger partial charge in [0.2, 0.25) is 0 Å². The second-order valence-electron chi connectivity index (χ2n) is 4.38. The van der Waals surface area contributed by atoms with Crippen molar-refractivity contribution in [3.8, 4) is 0 Å². The van der Waals surface area contributed by atoms with E-state index in [0.717, 1.165) is 13.1 Å². The summed E-state index contributed by atoms with van der Waals surface area (Å²) in [6, 6.07) is 8.61. The van der Waals surface area contributed by atoms with Crippen LogP contribution in [-0.4, -0.2) is 25.6 Å². The number of nitrogens with zero attached hydrogens (tertiary/aromatic N) is 2. The fourth-order valence-corrected chi connectivity index (χ4v) is 2.30. The molecule has 0 aliphatic carbocycles. The highest BCUT2D eigenvalue weighted by molar-refractivity contribution is 5.75. The van der Waals surface area contributed by atoms with Crippen LogP contribution in [0, 0.1) is 0 Å². The number of rotatable bonds is 3. The molecule has 1 heterocycles. The number of anilines is 1. The summed E-state index contributed by atoms with van der Waals surface area (Å²) in [4.78, 5) is 6.44. The van der Waals surface area contributed by atoms with Crippen LogP contribution >= 0.6 is 0 Å². The Balaban J connectivity index is 2.09. The van der Waals surface area contributed by atoms with Crippen LogP contribution in [0.2, 0.25) is 0 Å². The SMILES string of the molecule is NC(N)=NCCN1CCCCc2ccccc21. The van der Waals surface area contributed by atoms with E-state index in [0.29, 0.717) is 6.54 Å². The lowest BCUT2D eigenvalue weighted by Crippen LogP contribution is -2.29. The van der Waals surface area contributed by atoms with E-state index in [2.05, 4.69) is 34.2 Å². The molecule has 92 valence electrons. The molecule has 4 N–H and O–H groups in total. The zero-order valence-corrected chi connectivity index (χ0v) is 10.1. The van der Waals surface area contributed by atoms with E-state index in [1.807, 2.05) is 0 Å². The van der Waals surface area contributed by atoms with Crippen LogP contribution in [0.4, 0.5) is 5.69 Å². The van der Waals surface area contributed by atoms with Crippen molar-refractivity contribution in [2.75, 3.05) is 24.5 Å². The molecule has 1 aromatic carbocycles. The minimum atomic E-state index is 0.174. The molecule has 2 rings (SSSR count). The number of hydrogen-bond acceptors (Lipinski definition) is 2. The predicted octanol–water partition coefficient (Wildman–Crippen LogP) is 1.10. The van der Waals surface area contributed by atoms with Gasteiger partial charge in [-0.05, 0) is 30.9 Å². The fraction of sp³-hybridized carbons (Fsp3) is 0.462. The van der Waals surface area contributed by atoms with Crippen molar-refractivity contribution in [2.45, 2.75) is 19.3 Å². The average molecular weight is 232 g/mol. The smallest absolute Gasteiger partial charge is 0.185 e. The van der Waals surface area contributed by atoms with E-state index in [9.17, 15) is 0 Å². The van der Waals surface area contributed by atoms with E-state index in [1.54, 1.807) is 0 Å². The fourth-order valence-electron chi connectivity index (χ4n) is 2.30. The first-order chi connectivity index (χ1) is 8.27. The largest absolute Gasteiger partial charge is 0.370 e. The van der Waals surface area contributed by atoms with Crippen molar-refractivity contribution >= 4 is 11.6 Å². The van der Waals surface area contributed by atoms with Gasteiger partial charge in [0.1, 0.15) is 0 Å². The lowest BCUT2D eigenvalue weighted by molar-refractivity contribution is 0.714. The number of aryl methyl sites for hydroxylation is 1. The zero-order valence-electron chi connectivity index (χ0n) is 10.1. The normalized spacial score (nSPS) is 14.9. The quantitative estimate of drug-likeness (QED) is 0.606. The third kappa shape index (κ3) is 3.12. The molecule has 4 nitrogen and oxygen atoms in total. The number of para-hydroxylation sites is 1. The minimum Gasteiger partial charge on any atom is -0.370 e. The Morgan fingerprint density at radius 2 is 2.06 bits per heavy atom. The molecule has 0 aromatic heterocycles. The molecule has 0 amide bonds. The molecule has 1 aliphatic heterocycles. The topological polar surface area (TPSA) is 67.6 Å². The van der Waals surface area contributed by atoms with E-state index in [-0.39, 0.29) is 5.96 Å². The molecule has 0 spiro atoms. The van der Waals surface area contributed by atoms with Gasteiger partial charge < -0.3 is 16.4 Å². The van der Waals surface area contributed by atoms with Crippen LogP contribution in [0.15, 0.2) is 29.3 Å². The number of fused-ring (bicyclic) bond motifs is 1. The zero-order chi connectivity index (χ0) is 12.1. The summed E-state index contributed by atoms with van der Waals surface area (Å²) in [7, 11) is 0. The molecule has 0 radical (unpaired) electrons. The van der Waals surface area contributed by atoms with Crippen LogP contribution in [0.25, 0.3) is 0 Å². The first kappa shape index (κ1) is 11.8. The second-order valence-corrected chi connectivity index (χ2v) is 4.38. The summed E-state index contributed by atoms with van der Waals surface area (Å²) in [6.45, 7) is 2.64. The van der Waals surface area contributed by atoms with Gasteiger partial charge in [0.15, 0.2) is 5.96 Å². The van der Waals surface area contributed by atoms with Crippen molar-refractivity contribution in [1.82, 2.24) is 0 Å². The highest BCUT2D eigenvalue weighted by Crippen LogP contribution is 2.25. The molecule has 1 aliphatic rings. The van der Waals surface area contributed by atoms with Crippen molar-refractivity contribution in [1.29, 1.82) is 0 Å². The molecule has 0 saturated carbocycles. The van der Waals surface area contributed by atoms with Gasteiger partial charge in [-0.1, -0.05) is 18.2 Å². The first-order valence-electron chi connectivity index (χ1n) is 6.15. The Morgan fingerprint density at radius 1 is 1.24 bits per heavy atom. The molecule has 0 unspecified atom stereocenters. The third-order valence-corrected chi connectivity index (χ3v) is 3.12. The van der Waals surface area contributed by atoms with Gasteiger partial charge in [0.25, 0.3) is 0 Å². The highest BCUT2D eigenvalue weighted by Gasteiger charge is 2.13. The summed E-state index contributed by atoms with van der Waals surface area (Å²) < 4.78 is 0. The average Bonchev–Trinajstić information content (AvgIpc) is 2.52. The van der Waals surface area contributed by atoms with Crippen LogP contribution in [0.3, 0.4) is 0 Å². The van der Waals surface area contributed by atoms with Crippen molar-refractivity contribution in [3.63, 3.8) is 0 Å². The van der Waals surface area contributed by atoms with Gasteiger partial charge >= 0.3 is 0 Å². The number of nitrogens with two attached hydrogens (primary N) is 2. The summed E-state index contributed by atoms with van der Waals surface area (Å²) in [5.41, 5.74) is 13.5. The molecule has 1 aromatic rings. The maximum atomic E-state index is 5.34. The van der Waals surface area contributed by atoms with E-state index in [4.69, 9.17) is 11.5 Å². The number of benzene rings is 1. The van der Waals surface area contributed by atoms with Crippen molar-refractivity contribution in [3.05, 3.63) is 29.8 Å². The van der Waals surface area contributed by atoms with Gasteiger partial charge in [-0.2, -0.15) is 0 Å². The Kier molecular flexibility index (Phi) is 3.85. The molecule has 0 fully saturated rings. The van der Waals surface area contributed by atoms with Crippen LogP contribution in [0.1, 0.15) is 18.4 Å². The monoisotopic (exact) mass is 232 g/mol. The van der Waals surface area contributed by atoms with E-state index >= 15 is 0 Å².